The van der Waals surface area contributed by atoms with Gasteiger partial charge in [0.15, 0.2) is 5.78 Å². The minimum Gasteiger partial charge on any atom is -0.496 e. The molecule has 0 radical (unpaired) electrons. The Kier molecular flexibility index (Phi) is 4.81. The number of aryl methyl sites for hydroxylation is 2. The number of carbonyl (C=O) groups excluding carboxylic acids is 1. The van der Waals surface area contributed by atoms with Gasteiger partial charge in [-0.2, -0.15) is 0 Å². The zero-order chi connectivity index (χ0) is 14.7. The van der Waals surface area contributed by atoms with Gasteiger partial charge in [0.25, 0.3) is 0 Å². The summed E-state index contributed by atoms with van der Waals surface area (Å²) in [6.45, 7) is 4.72. The van der Waals surface area contributed by atoms with Gasteiger partial charge < -0.3 is 10.5 Å². The second kappa shape index (κ2) is 6.40. The zero-order valence-corrected chi connectivity index (χ0v) is 12.7. The number of rotatable bonds is 4. The Bertz CT molecular complexity index is 488. The van der Waals surface area contributed by atoms with Gasteiger partial charge >= 0.3 is 0 Å². The van der Waals surface area contributed by atoms with E-state index in [4.69, 9.17) is 10.5 Å². The number of hydrogen-bond donors (Lipinski definition) is 1. The Morgan fingerprint density at radius 2 is 1.85 bits per heavy atom. The van der Waals surface area contributed by atoms with E-state index < -0.39 is 0 Å². The molecule has 1 aliphatic carbocycles. The molecule has 0 bridgehead atoms. The van der Waals surface area contributed by atoms with Gasteiger partial charge in [-0.05, 0) is 75.3 Å². The molecule has 3 nitrogen and oxygen atoms in total. The lowest BCUT2D eigenvalue weighted by Gasteiger charge is -2.27. The van der Waals surface area contributed by atoms with Crippen molar-refractivity contribution in [2.45, 2.75) is 39.5 Å². The largest absolute Gasteiger partial charge is 0.496 e. The first-order valence-corrected chi connectivity index (χ1v) is 7.46. The number of ether oxygens (including phenoxy) is 1. The van der Waals surface area contributed by atoms with Crippen LogP contribution in [0.25, 0.3) is 0 Å². The van der Waals surface area contributed by atoms with Crippen molar-refractivity contribution in [1.29, 1.82) is 0 Å². The molecule has 1 fully saturated rings. The van der Waals surface area contributed by atoms with Crippen LogP contribution in [0.15, 0.2) is 12.1 Å². The first kappa shape index (κ1) is 15.0. The summed E-state index contributed by atoms with van der Waals surface area (Å²) in [6.07, 6.45) is 4.12. The lowest BCUT2D eigenvalue weighted by molar-refractivity contribution is 0.0873. The second-order valence-corrected chi connectivity index (χ2v) is 5.95. The molecule has 20 heavy (non-hydrogen) atoms. The van der Waals surface area contributed by atoms with Crippen LogP contribution < -0.4 is 10.5 Å². The van der Waals surface area contributed by atoms with Crippen LogP contribution in [-0.4, -0.2) is 19.4 Å². The van der Waals surface area contributed by atoms with E-state index in [2.05, 4.69) is 0 Å². The van der Waals surface area contributed by atoms with Gasteiger partial charge in [-0.15, -0.1) is 0 Å². The monoisotopic (exact) mass is 275 g/mol. The molecular weight excluding hydrogens is 250 g/mol. The van der Waals surface area contributed by atoms with Gasteiger partial charge in [0, 0.05) is 11.5 Å². The molecule has 3 heteroatoms. The van der Waals surface area contributed by atoms with Gasteiger partial charge in [-0.1, -0.05) is 0 Å². The van der Waals surface area contributed by atoms with E-state index in [1.807, 2.05) is 26.0 Å². The molecule has 1 aromatic carbocycles. The van der Waals surface area contributed by atoms with E-state index in [0.717, 1.165) is 54.7 Å². The Morgan fingerprint density at radius 1 is 1.20 bits per heavy atom. The van der Waals surface area contributed by atoms with E-state index in [1.54, 1.807) is 7.11 Å². The normalized spacial score (nSPS) is 22.6. The topological polar surface area (TPSA) is 52.3 Å². The molecule has 0 heterocycles. The van der Waals surface area contributed by atoms with Crippen molar-refractivity contribution in [3.8, 4) is 5.75 Å². The summed E-state index contributed by atoms with van der Waals surface area (Å²) in [5, 5.41) is 0. The summed E-state index contributed by atoms with van der Waals surface area (Å²) < 4.78 is 5.31. The highest BCUT2D eigenvalue weighted by atomic mass is 16.5. The highest BCUT2D eigenvalue weighted by molar-refractivity contribution is 5.99. The van der Waals surface area contributed by atoms with Crippen molar-refractivity contribution in [2.24, 2.45) is 17.6 Å². The zero-order valence-electron chi connectivity index (χ0n) is 12.7. The Labute approximate surface area is 121 Å². The smallest absolute Gasteiger partial charge is 0.166 e. The minimum absolute atomic E-state index is 0.171. The molecule has 1 aliphatic rings. The average Bonchev–Trinajstić information content (AvgIpc) is 2.48. The highest BCUT2D eigenvalue weighted by Crippen LogP contribution is 2.32. The fourth-order valence-electron chi connectivity index (χ4n) is 3.16. The molecular formula is C17H25NO2. The number of nitrogens with two attached hydrogens (primary N) is 1. The van der Waals surface area contributed by atoms with Gasteiger partial charge in [0.2, 0.25) is 0 Å². The fraction of sp³-hybridized carbons (Fsp3) is 0.588. The average molecular weight is 275 g/mol. The molecule has 0 unspecified atom stereocenters. The van der Waals surface area contributed by atoms with E-state index in [1.165, 1.54) is 0 Å². The Balaban J connectivity index is 2.16. The molecule has 110 valence electrons. The van der Waals surface area contributed by atoms with E-state index in [0.29, 0.717) is 11.7 Å². The first-order chi connectivity index (χ1) is 9.56. The third-order valence-corrected chi connectivity index (χ3v) is 4.56. The van der Waals surface area contributed by atoms with Gasteiger partial charge in [-0.25, -0.2) is 0 Å². The van der Waals surface area contributed by atoms with Crippen molar-refractivity contribution in [1.82, 2.24) is 0 Å². The standard InChI is InChI=1S/C17H25NO2/c1-11-9-16(20-3)12(2)8-15(11)17(19)14-6-4-13(10-18)5-7-14/h8-9,13-14H,4-7,10,18H2,1-3H3. The summed E-state index contributed by atoms with van der Waals surface area (Å²) in [7, 11) is 1.66. The predicted molar refractivity (Wildman–Crippen MR) is 81.3 cm³/mol. The fourth-order valence-corrected chi connectivity index (χ4v) is 3.16. The van der Waals surface area contributed by atoms with Gasteiger partial charge in [0.1, 0.15) is 5.75 Å². The maximum absolute atomic E-state index is 12.7. The van der Waals surface area contributed by atoms with Crippen molar-refractivity contribution >= 4 is 5.78 Å². The molecule has 2 rings (SSSR count). The number of carbonyl (C=O) groups is 1. The molecule has 2 N–H and O–H groups in total. The first-order valence-electron chi connectivity index (χ1n) is 7.46. The van der Waals surface area contributed by atoms with Crippen LogP contribution in [0.3, 0.4) is 0 Å². The van der Waals surface area contributed by atoms with Crippen LogP contribution in [0.5, 0.6) is 5.75 Å². The molecule has 0 aromatic heterocycles. The minimum atomic E-state index is 0.171. The predicted octanol–water partition coefficient (Wildman–Crippen LogP) is 3.26. The van der Waals surface area contributed by atoms with Gasteiger partial charge in [-0.3, -0.25) is 4.79 Å². The summed E-state index contributed by atoms with van der Waals surface area (Å²) in [5.41, 5.74) is 8.61. The van der Waals surface area contributed by atoms with Crippen molar-refractivity contribution in [3.05, 3.63) is 28.8 Å². The lowest BCUT2D eigenvalue weighted by Crippen LogP contribution is -2.26. The van der Waals surface area contributed by atoms with Gasteiger partial charge in [0.05, 0.1) is 7.11 Å². The summed E-state index contributed by atoms with van der Waals surface area (Å²) in [5.74, 6) is 1.93. The van der Waals surface area contributed by atoms with E-state index in [9.17, 15) is 4.79 Å². The number of hydrogen-bond acceptors (Lipinski definition) is 3. The SMILES string of the molecule is COc1cc(C)c(C(=O)C2CCC(CN)CC2)cc1C. The van der Waals surface area contributed by atoms with Crippen LogP contribution in [0, 0.1) is 25.7 Å². The Morgan fingerprint density at radius 3 is 2.40 bits per heavy atom. The third kappa shape index (κ3) is 3.04. The van der Waals surface area contributed by atoms with Crippen molar-refractivity contribution < 1.29 is 9.53 Å². The summed E-state index contributed by atoms with van der Waals surface area (Å²) >= 11 is 0. The van der Waals surface area contributed by atoms with Crippen molar-refractivity contribution in [2.75, 3.05) is 13.7 Å². The van der Waals surface area contributed by atoms with Crippen LogP contribution in [0.1, 0.15) is 47.2 Å². The van der Waals surface area contributed by atoms with Crippen LogP contribution in [-0.2, 0) is 0 Å². The number of benzene rings is 1. The molecule has 0 spiro atoms. The molecule has 0 amide bonds. The molecule has 0 atom stereocenters. The van der Waals surface area contributed by atoms with Crippen LogP contribution >= 0.6 is 0 Å². The number of ketones is 1. The lowest BCUT2D eigenvalue weighted by atomic mass is 9.78. The maximum Gasteiger partial charge on any atom is 0.166 e. The second-order valence-electron chi connectivity index (χ2n) is 5.95. The quantitative estimate of drug-likeness (QED) is 0.858. The summed E-state index contributed by atoms with van der Waals surface area (Å²) in [4.78, 5) is 12.7. The highest BCUT2D eigenvalue weighted by Gasteiger charge is 2.27. The third-order valence-electron chi connectivity index (χ3n) is 4.56. The number of Topliss-reactive ketones (excluding diaryl/α,β-unsaturated/α-hetero) is 1. The molecule has 0 saturated heterocycles. The van der Waals surface area contributed by atoms with E-state index in [-0.39, 0.29) is 5.92 Å². The maximum atomic E-state index is 12.7. The molecule has 1 aromatic rings. The molecule has 1 saturated carbocycles. The van der Waals surface area contributed by atoms with Crippen molar-refractivity contribution in [3.63, 3.8) is 0 Å². The Hall–Kier alpha value is -1.35. The number of methoxy groups -OCH3 is 1. The van der Waals surface area contributed by atoms with Crippen LogP contribution in [0.2, 0.25) is 0 Å². The molecule has 0 aliphatic heterocycles. The van der Waals surface area contributed by atoms with E-state index >= 15 is 0 Å². The van der Waals surface area contributed by atoms with Crippen LogP contribution in [0.4, 0.5) is 0 Å². The summed E-state index contributed by atoms with van der Waals surface area (Å²) in [6, 6.07) is 3.94.